The molecule has 4 rings (SSSR count). The minimum Gasteiger partial charge on any atom is -0.507 e. The lowest BCUT2D eigenvalue weighted by molar-refractivity contribution is -0.132. The number of ketones is 1. The van der Waals surface area contributed by atoms with Gasteiger partial charge in [0, 0.05) is 37.2 Å². The number of aliphatic hydroxyl groups excluding tert-OH is 1. The van der Waals surface area contributed by atoms with Gasteiger partial charge in [0.25, 0.3) is 11.7 Å². The number of aryl methyl sites for hydroxylation is 1. The summed E-state index contributed by atoms with van der Waals surface area (Å²) in [5, 5.41) is 11.6. The van der Waals surface area contributed by atoms with Crippen LogP contribution in [0.15, 0.2) is 66.4 Å². The maximum absolute atomic E-state index is 13.4. The number of carbonyl (C=O) groups is 2. The van der Waals surface area contributed by atoms with Gasteiger partial charge in [0.15, 0.2) is 0 Å². The molecule has 1 aromatic heterocycles. The van der Waals surface area contributed by atoms with Gasteiger partial charge in [-0.25, -0.2) is 0 Å². The van der Waals surface area contributed by atoms with E-state index in [2.05, 4.69) is 4.98 Å². The number of anilines is 2. The molecule has 1 saturated heterocycles. The number of Topliss-reactive ketones (excluding diaryl/α,β-unsaturated/α-hetero) is 1. The highest BCUT2D eigenvalue weighted by Gasteiger charge is 2.47. The van der Waals surface area contributed by atoms with Crippen LogP contribution in [0.1, 0.15) is 48.2 Å². The first-order chi connectivity index (χ1) is 17.1. The topological polar surface area (TPSA) is 83.0 Å². The fraction of sp³-hybridized carbons (Fsp3) is 0.276. The highest BCUT2D eigenvalue weighted by molar-refractivity contribution is 6.51. The van der Waals surface area contributed by atoms with Crippen molar-refractivity contribution in [2.24, 2.45) is 0 Å². The Balaban J connectivity index is 1.94. The molecule has 7 heteroatoms. The van der Waals surface area contributed by atoms with Gasteiger partial charge < -0.3 is 14.7 Å². The van der Waals surface area contributed by atoms with Gasteiger partial charge in [-0.1, -0.05) is 19.9 Å². The van der Waals surface area contributed by atoms with Gasteiger partial charge in [-0.15, -0.1) is 0 Å². The zero-order chi connectivity index (χ0) is 26.1. The lowest BCUT2D eigenvalue weighted by atomic mass is 9.92. The molecule has 186 valence electrons. The standard InChI is InChI=1S/C29H31N3O4/c1-17(2)21-16-22(18(3)15-24(21)36-6)27(33)25-26(23-9-7-8-14-30-23)32(29(35)28(25)34)20-12-10-19(11-13-20)31(4)5/h7-17,26,33H,1-6H3/b27-25+. The normalized spacial score (nSPS) is 17.1. The van der Waals surface area contributed by atoms with Gasteiger partial charge in [0.2, 0.25) is 0 Å². The predicted molar refractivity (Wildman–Crippen MR) is 142 cm³/mol. The molecular weight excluding hydrogens is 454 g/mol. The summed E-state index contributed by atoms with van der Waals surface area (Å²) in [5.74, 6) is -0.849. The smallest absolute Gasteiger partial charge is 0.300 e. The molecule has 1 atom stereocenters. The molecule has 3 aromatic rings. The first-order valence-corrected chi connectivity index (χ1v) is 11.8. The lowest BCUT2D eigenvalue weighted by Gasteiger charge is -2.25. The van der Waals surface area contributed by atoms with Crippen molar-refractivity contribution in [3.63, 3.8) is 0 Å². The van der Waals surface area contributed by atoms with Crippen molar-refractivity contribution < 1.29 is 19.4 Å². The van der Waals surface area contributed by atoms with Gasteiger partial charge in [-0.05, 0) is 72.5 Å². The largest absolute Gasteiger partial charge is 0.507 e. The molecule has 1 N–H and O–H groups in total. The van der Waals surface area contributed by atoms with Crippen LogP contribution in [0.25, 0.3) is 5.76 Å². The molecule has 0 spiro atoms. The summed E-state index contributed by atoms with van der Waals surface area (Å²) in [6.45, 7) is 5.90. The third-order valence-corrected chi connectivity index (χ3v) is 6.51. The number of methoxy groups -OCH3 is 1. The number of carbonyl (C=O) groups excluding carboxylic acids is 2. The molecule has 1 amide bonds. The second-order valence-electron chi connectivity index (χ2n) is 9.40. The van der Waals surface area contributed by atoms with Crippen molar-refractivity contribution in [1.82, 2.24) is 4.98 Å². The first kappa shape index (κ1) is 25.0. The van der Waals surface area contributed by atoms with Crippen molar-refractivity contribution in [2.75, 3.05) is 31.0 Å². The number of hydrogen-bond donors (Lipinski definition) is 1. The minimum absolute atomic E-state index is 0.0124. The monoisotopic (exact) mass is 485 g/mol. The SMILES string of the molecule is COc1cc(C)c(/C(O)=C2\C(=O)C(=O)N(c3ccc(N(C)C)cc3)C2c2ccccn2)cc1C(C)C. The van der Waals surface area contributed by atoms with E-state index in [1.165, 1.54) is 4.90 Å². The van der Waals surface area contributed by atoms with Crippen LogP contribution in [-0.4, -0.2) is 43.0 Å². The summed E-state index contributed by atoms with van der Waals surface area (Å²) < 4.78 is 5.54. The average Bonchev–Trinajstić information content (AvgIpc) is 3.14. The fourth-order valence-corrected chi connectivity index (χ4v) is 4.55. The van der Waals surface area contributed by atoms with E-state index in [1.807, 2.05) is 64.0 Å². The van der Waals surface area contributed by atoms with Crippen LogP contribution in [0.3, 0.4) is 0 Å². The third kappa shape index (κ3) is 4.33. The molecule has 2 aromatic carbocycles. The molecule has 1 aliphatic rings. The molecule has 7 nitrogen and oxygen atoms in total. The molecule has 0 radical (unpaired) electrons. The van der Waals surface area contributed by atoms with E-state index in [4.69, 9.17) is 4.74 Å². The van der Waals surface area contributed by atoms with Crippen molar-refractivity contribution >= 4 is 28.8 Å². The average molecular weight is 486 g/mol. The highest BCUT2D eigenvalue weighted by Crippen LogP contribution is 2.43. The Kier molecular flexibility index (Phi) is 6.84. The molecule has 1 fully saturated rings. The Labute approximate surface area is 211 Å². The van der Waals surface area contributed by atoms with Crippen LogP contribution in [0.5, 0.6) is 5.75 Å². The summed E-state index contributed by atoms with van der Waals surface area (Å²) in [5.41, 5.74) is 4.12. The lowest BCUT2D eigenvalue weighted by Crippen LogP contribution is -2.29. The van der Waals surface area contributed by atoms with E-state index >= 15 is 0 Å². The van der Waals surface area contributed by atoms with Gasteiger partial charge in [0.1, 0.15) is 17.6 Å². The van der Waals surface area contributed by atoms with Crippen LogP contribution in [0.4, 0.5) is 11.4 Å². The van der Waals surface area contributed by atoms with Crippen molar-refractivity contribution in [3.8, 4) is 5.75 Å². The number of aliphatic hydroxyl groups is 1. The van der Waals surface area contributed by atoms with Crippen molar-refractivity contribution in [3.05, 3.63) is 88.8 Å². The van der Waals surface area contributed by atoms with Crippen LogP contribution in [0, 0.1) is 6.92 Å². The summed E-state index contributed by atoms with van der Waals surface area (Å²) in [7, 11) is 5.46. The van der Waals surface area contributed by atoms with Crippen molar-refractivity contribution in [1.29, 1.82) is 0 Å². The zero-order valence-corrected chi connectivity index (χ0v) is 21.4. The second kappa shape index (κ2) is 9.85. The number of hydrogen-bond acceptors (Lipinski definition) is 6. The van der Waals surface area contributed by atoms with Gasteiger partial charge in [0.05, 0.1) is 18.4 Å². The van der Waals surface area contributed by atoms with E-state index < -0.39 is 17.7 Å². The fourth-order valence-electron chi connectivity index (χ4n) is 4.55. The van der Waals surface area contributed by atoms with E-state index in [0.29, 0.717) is 22.7 Å². The number of rotatable bonds is 6. The van der Waals surface area contributed by atoms with E-state index in [1.54, 1.807) is 43.6 Å². The Hall–Kier alpha value is -4.13. The van der Waals surface area contributed by atoms with Crippen LogP contribution >= 0.6 is 0 Å². The molecule has 0 bridgehead atoms. The summed E-state index contributed by atoms with van der Waals surface area (Å²) in [4.78, 5) is 34.7. The number of nitrogens with zero attached hydrogens (tertiary/aromatic N) is 3. The number of aromatic nitrogens is 1. The summed E-state index contributed by atoms with van der Waals surface area (Å²) in [6.07, 6.45) is 1.61. The van der Waals surface area contributed by atoms with Crippen LogP contribution < -0.4 is 14.5 Å². The van der Waals surface area contributed by atoms with Gasteiger partial charge >= 0.3 is 0 Å². The van der Waals surface area contributed by atoms with Gasteiger partial charge in [-0.2, -0.15) is 0 Å². The van der Waals surface area contributed by atoms with E-state index in [9.17, 15) is 14.7 Å². The zero-order valence-electron chi connectivity index (χ0n) is 21.4. The van der Waals surface area contributed by atoms with Crippen LogP contribution in [-0.2, 0) is 9.59 Å². The number of ether oxygens (including phenoxy) is 1. The Morgan fingerprint density at radius 1 is 1.08 bits per heavy atom. The molecule has 0 aliphatic carbocycles. The maximum atomic E-state index is 13.4. The van der Waals surface area contributed by atoms with Crippen LogP contribution in [0.2, 0.25) is 0 Å². The number of amides is 1. The third-order valence-electron chi connectivity index (χ3n) is 6.51. The predicted octanol–water partition coefficient (Wildman–Crippen LogP) is 5.21. The molecule has 36 heavy (non-hydrogen) atoms. The van der Waals surface area contributed by atoms with E-state index in [0.717, 1.165) is 16.8 Å². The van der Waals surface area contributed by atoms with Crippen molar-refractivity contribution in [2.45, 2.75) is 32.7 Å². The molecule has 1 unspecified atom stereocenters. The Bertz CT molecular complexity index is 1330. The molecular formula is C29H31N3O4. The Morgan fingerprint density at radius 3 is 2.33 bits per heavy atom. The molecule has 2 heterocycles. The molecule has 1 aliphatic heterocycles. The first-order valence-electron chi connectivity index (χ1n) is 11.8. The number of benzene rings is 2. The summed E-state index contributed by atoms with van der Waals surface area (Å²) >= 11 is 0. The Morgan fingerprint density at radius 2 is 1.78 bits per heavy atom. The molecule has 0 saturated carbocycles. The van der Waals surface area contributed by atoms with Gasteiger partial charge in [-0.3, -0.25) is 19.5 Å². The second-order valence-corrected chi connectivity index (χ2v) is 9.40. The minimum atomic E-state index is -0.875. The number of pyridine rings is 1. The van der Waals surface area contributed by atoms with E-state index in [-0.39, 0.29) is 17.3 Å². The summed E-state index contributed by atoms with van der Waals surface area (Å²) in [6, 6.07) is 15.5. The maximum Gasteiger partial charge on any atom is 0.300 e. The highest BCUT2D eigenvalue weighted by atomic mass is 16.5. The quantitative estimate of drug-likeness (QED) is 0.293.